The number of nitrogens with one attached hydrogen (secondary N) is 1. The molecule has 0 aliphatic rings. The molecule has 0 radical (unpaired) electrons. The van der Waals surface area contributed by atoms with Gasteiger partial charge in [0.2, 0.25) is 0 Å². The molecule has 0 amide bonds. The quantitative estimate of drug-likeness (QED) is 0.723. The van der Waals surface area contributed by atoms with Gasteiger partial charge < -0.3 is 15.8 Å². The lowest BCUT2D eigenvalue weighted by Crippen LogP contribution is -2.07. The van der Waals surface area contributed by atoms with E-state index in [2.05, 4.69) is 11.4 Å². The van der Waals surface area contributed by atoms with Crippen LogP contribution in [0.2, 0.25) is 0 Å². The number of rotatable bonds is 4. The number of hydrogen-bond donors (Lipinski definition) is 2. The molecule has 3 heteroatoms. The normalized spacial score (nSPS) is 10.1. The monoisotopic (exact) mass is 180 g/mol. The third-order valence-electron chi connectivity index (χ3n) is 1.95. The number of hydrogen-bond acceptors (Lipinski definition) is 3. The highest BCUT2D eigenvalue weighted by Crippen LogP contribution is 2.18. The van der Waals surface area contributed by atoms with Crippen molar-refractivity contribution in [3.8, 4) is 5.75 Å². The molecule has 0 saturated heterocycles. The summed E-state index contributed by atoms with van der Waals surface area (Å²) < 4.78 is 5.17. The summed E-state index contributed by atoms with van der Waals surface area (Å²) >= 11 is 0. The molecular formula is C10H16N2O. The number of nitrogens with two attached hydrogens (primary N) is 1. The van der Waals surface area contributed by atoms with Gasteiger partial charge in [-0.1, -0.05) is 6.07 Å². The Kier molecular flexibility index (Phi) is 3.73. The largest absolute Gasteiger partial charge is 0.496 e. The molecule has 0 atom stereocenters. The Morgan fingerprint density at radius 2 is 2.23 bits per heavy atom. The fourth-order valence-electron chi connectivity index (χ4n) is 1.31. The van der Waals surface area contributed by atoms with Crippen molar-refractivity contribution in [2.24, 2.45) is 5.73 Å². The average Bonchev–Trinajstić information content (AvgIpc) is 2.18. The van der Waals surface area contributed by atoms with Crippen LogP contribution in [-0.2, 0) is 13.1 Å². The van der Waals surface area contributed by atoms with Gasteiger partial charge in [0.15, 0.2) is 0 Å². The van der Waals surface area contributed by atoms with Crippen molar-refractivity contribution in [1.29, 1.82) is 0 Å². The van der Waals surface area contributed by atoms with E-state index in [1.54, 1.807) is 7.11 Å². The van der Waals surface area contributed by atoms with Gasteiger partial charge in [0, 0.05) is 18.7 Å². The molecule has 13 heavy (non-hydrogen) atoms. The maximum absolute atomic E-state index is 5.59. The van der Waals surface area contributed by atoms with Crippen LogP contribution in [0.25, 0.3) is 0 Å². The van der Waals surface area contributed by atoms with Crippen molar-refractivity contribution in [2.45, 2.75) is 13.1 Å². The van der Waals surface area contributed by atoms with Gasteiger partial charge in [-0.15, -0.1) is 0 Å². The Bertz CT molecular complexity index is 274. The van der Waals surface area contributed by atoms with Crippen LogP contribution < -0.4 is 15.8 Å². The summed E-state index contributed by atoms with van der Waals surface area (Å²) in [5.41, 5.74) is 7.87. The third kappa shape index (κ3) is 2.44. The topological polar surface area (TPSA) is 47.3 Å². The van der Waals surface area contributed by atoms with Crippen molar-refractivity contribution < 1.29 is 4.74 Å². The SMILES string of the molecule is CNCc1ccc(OC)c(CN)c1. The van der Waals surface area contributed by atoms with Crippen LogP contribution in [-0.4, -0.2) is 14.2 Å². The van der Waals surface area contributed by atoms with Crippen molar-refractivity contribution in [1.82, 2.24) is 5.32 Å². The fourth-order valence-corrected chi connectivity index (χ4v) is 1.31. The standard InChI is InChI=1S/C10H16N2O/c1-12-7-8-3-4-10(13-2)9(5-8)6-11/h3-5,12H,6-7,11H2,1-2H3. The molecule has 0 aliphatic heterocycles. The lowest BCUT2D eigenvalue weighted by molar-refractivity contribution is 0.409. The first kappa shape index (κ1) is 10.0. The average molecular weight is 180 g/mol. The van der Waals surface area contributed by atoms with Crippen molar-refractivity contribution in [3.63, 3.8) is 0 Å². The van der Waals surface area contributed by atoms with Crippen molar-refractivity contribution in [2.75, 3.05) is 14.2 Å². The summed E-state index contributed by atoms with van der Waals surface area (Å²) in [6, 6.07) is 6.05. The van der Waals surface area contributed by atoms with Gasteiger partial charge in [0.25, 0.3) is 0 Å². The summed E-state index contributed by atoms with van der Waals surface area (Å²) in [7, 11) is 3.58. The summed E-state index contributed by atoms with van der Waals surface area (Å²) in [5.74, 6) is 0.863. The Morgan fingerprint density at radius 1 is 1.46 bits per heavy atom. The molecule has 3 nitrogen and oxygen atoms in total. The first-order chi connectivity index (χ1) is 6.31. The van der Waals surface area contributed by atoms with E-state index in [0.29, 0.717) is 6.54 Å². The second kappa shape index (κ2) is 4.84. The zero-order chi connectivity index (χ0) is 9.68. The molecular weight excluding hydrogens is 164 g/mol. The minimum Gasteiger partial charge on any atom is -0.496 e. The molecule has 0 spiro atoms. The maximum Gasteiger partial charge on any atom is 0.123 e. The Morgan fingerprint density at radius 3 is 2.77 bits per heavy atom. The molecule has 1 rings (SSSR count). The number of ether oxygens (including phenoxy) is 1. The summed E-state index contributed by atoms with van der Waals surface area (Å²) in [4.78, 5) is 0. The number of methoxy groups -OCH3 is 1. The molecule has 3 N–H and O–H groups in total. The van der Waals surface area contributed by atoms with E-state index >= 15 is 0 Å². The molecule has 0 bridgehead atoms. The first-order valence-electron chi connectivity index (χ1n) is 4.32. The summed E-state index contributed by atoms with van der Waals surface area (Å²) in [6.45, 7) is 1.37. The molecule has 0 saturated carbocycles. The molecule has 0 fully saturated rings. The summed E-state index contributed by atoms with van der Waals surface area (Å²) in [5, 5.41) is 3.09. The molecule has 1 aromatic rings. The van der Waals surface area contributed by atoms with Crippen LogP contribution in [0.4, 0.5) is 0 Å². The molecule has 72 valence electrons. The second-order valence-electron chi connectivity index (χ2n) is 2.88. The minimum atomic E-state index is 0.515. The van der Waals surface area contributed by atoms with E-state index in [4.69, 9.17) is 10.5 Å². The minimum absolute atomic E-state index is 0.515. The number of benzene rings is 1. The predicted octanol–water partition coefficient (Wildman–Crippen LogP) is 0.873. The Balaban J connectivity index is 2.91. The van der Waals surface area contributed by atoms with E-state index in [1.807, 2.05) is 19.2 Å². The molecule has 0 heterocycles. The highest BCUT2D eigenvalue weighted by atomic mass is 16.5. The van der Waals surface area contributed by atoms with Crippen LogP contribution in [0.5, 0.6) is 5.75 Å². The Labute approximate surface area is 78.9 Å². The van der Waals surface area contributed by atoms with E-state index < -0.39 is 0 Å². The Hall–Kier alpha value is -1.06. The van der Waals surface area contributed by atoms with Crippen molar-refractivity contribution in [3.05, 3.63) is 29.3 Å². The van der Waals surface area contributed by atoms with Gasteiger partial charge in [0.1, 0.15) is 5.75 Å². The maximum atomic E-state index is 5.59. The summed E-state index contributed by atoms with van der Waals surface area (Å²) in [6.07, 6.45) is 0. The van der Waals surface area contributed by atoms with E-state index in [0.717, 1.165) is 17.9 Å². The van der Waals surface area contributed by atoms with E-state index in [9.17, 15) is 0 Å². The van der Waals surface area contributed by atoms with Crippen LogP contribution in [0.3, 0.4) is 0 Å². The highest BCUT2D eigenvalue weighted by molar-refractivity contribution is 5.37. The zero-order valence-corrected chi connectivity index (χ0v) is 8.13. The fraction of sp³-hybridized carbons (Fsp3) is 0.400. The molecule has 0 aliphatic carbocycles. The predicted molar refractivity (Wildman–Crippen MR) is 53.6 cm³/mol. The van der Waals surface area contributed by atoms with Gasteiger partial charge in [-0.2, -0.15) is 0 Å². The van der Waals surface area contributed by atoms with Gasteiger partial charge >= 0.3 is 0 Å². The van der Waals surface area contributed by atoms with Crippen LogP contribution in [0.1, 0.15) is 11.1 Å². The van der Waals surface area contributed by atoms with Crippen LogP contribution >= 0.6 is 0 Å². The molecule has 0 aromatic heterocycles. The zero-order valence-electron chi connectivity index (χ0n) is 8.13. The van der Waals surface area contributed by atoms with Gasteiger partial charge in [-0.25, -0.2) is 0 Å². The van der Waals surface area contributed by atoms with Crippen LogP contribution in [0, 0.1) is 0 Å². The second-order valence-corrected chi connectivity index (χ2v) is 2.88. The molecule has 1 aromatic carbocycles. The van der Waals surface area contributed by atoms with E-state index in [1.165, 1.54) is 5.56 Å². The van der Waals surface area contributed by atoms with Crippen molar-refractivity contribution >= 4 is 0 Å². The van der Waals surface area contributed by atoms with E-state index in [-0.39, 0.29) is 0 Å². The first-order valence-corrected chi connectivity index (χ1v) is 4.32. The third-order valence-corrected chi connectivity index (χ3v) is 1.95. The lowest BCUT2D eigenvalue weighted by Gasteiger charge is -2.08. The van der Waals surface area contributed by atoms with Gasteiger partial charge in [0.05, 0.1) is 7.11 Å². The van der Waals surface area contributed by atoms with Gasteiger partial charge in [-0.05, 0) is 24.7 Å². The highest BCUT2D eigenvalue weighted by Gasteiger charge is 2.01. The van der Waals surface area contributed by atoms with Gasteiger partial charge in [-0.3, -0.25) is 0 Å². The lowest BCUT2D eigenvalue weighted by atomic mass is 10.1. The smallest absolute Gasteiger partial charge is 0.123 e. The van der Waals surface area contributed by atoms with Crippen LogP contribution in [0.15, 0.2) is 18.2 Å². The molecule has 0 unspecified atom stereocenters.